The molecule has 0 bridgehead atoms. The zero-order valence-corrected chi connectivity index (χ0v) is 18.3. The summed E-state index contributed by atoms with van der Waals surface area (Å²) in [6, 6.07) is 15.0. The van der Waals surface area contributed by atoms with Crippen LogP contribution in [0.4, 0.5) is 4.39 Å². The number of benzene rings is 2. The third kappa shape index (κ3) is 5.16. The van der Waals surface area contributed by atoms with Crippen molar-refractivity contribution in [3.8, 4) is 0 Å². The Morgan fingerprint density at radius 3 is 2.48 bits per heavy atom. The van der Waals surface area contributed by atoms with Gasteiger partial charge in [0, 0.05) is 26.2 Å². The van der Waals surface area contributed by atoms with Gasteiger partial charge in [-0.25, -0.2) is 17.5 Å². The van der Waals surface area contributed by atoms with Crippen LogP contribution in [-0.2, 0) is 16.7 Å². The molecule has 1 aliphatic rings. The maximum atomic E-state index is 13.4. The van der Waals surface area contributed by atoms with Crippen molar-refractivity contribution in [3.63, 3.8) is 0 Å². The lowest BCUT2D eigenvalue weighted by molar-refractivity contribution is 0.144. The molecular weight excluding hydrogens is 437 g/mol. The number of nitrogens with one attached hydrogen (secondary N) is 1. The summed E-state index contributed by atoms with van der Waals surface area (Å²) in [7, 11) is -3.71. The minimum atomic E-state index is -3.71. The molecule has 2 aromatic carbocycles. The van der Waals surface area contributed by atoms with Gasteiger partial charge >= 0.3 is 0 Å². The summed E-state index contributed by atoms with van der Waals surface area (Å²) in [6.45, 7) is 2.19. The van der Waals surface area contributed by atoms with E-state index in [9.17, 15) is 12.8 Å². The van der Waals surface area contributed by atoms with Crippen molar-refractivity contribution in [2.45, 2.75) is 11.6 Å². The van der Waals surface area contributed by atoms with Gasteiger partial charge in [-0.05, 0) is 42.1 Å². The lowest BCUT2D eigenvalue weighted by Crippen LogP contribution is -2.48. The predicted molar refractivity (Wildman–Crippen MR) is 120 cm³/mol. The van der Waals surface area contributed by atoms with E-state index in [-0.39, 0.29) is 4.90 Å². The number of nitrogens with zero attached hydrogens (tertiary/aromatic N) is 4. The van der Waals surface area contributed by atoms with Crippen molar-refractivity contribution >= 4 is 34.4 Å². The van der Waals surface area contributed by atoms with Crippen LogP contribution in [0.3, 0.4) is 0 Å². The Morgan fingerprint density at radius 2 is 1.77 bits per heavy atom. The number of rotatable bonds is 6. The Morgan fingerprint density at radius 1 is 1.03 bits per heavy atom. The molecule has 2 heterocycles. The Bertz CT molecular complexity index is 1230. The molecule has 0 atom stereocenters. The number of aromatic amines is 1. The van der Waals surface area contributed by atoms with Crippen LogP contribution in [0.25, 0.3) is 12.2 Å². The van der Waals surface area contributed by atoms with Crippen LogP contribution in [0.1, 0.15) is 11.4 Å². The zero-order chi connectivity index (χ0) is 21.8. The topological polar surface area (TPSA) is 74.2 Å². The number of hydrogen-bond acceptors (Lipinski definition) is 5. The molecule has 162 valence electrons. The molecule has 0 radical (unpaired) electrons. The summed E-state index contributed by atoms with van der Waals surface area (Å²) in [5.41, 5.74) is 1.06. The van der Waals surface area contributed by atoms with Gasteiger partial charge in [-0.1, -0.05) is 42.5 Å². The number of hydrogen-bond donors (Lipinski definition) is 1. The molecule has 1 fully saturated rings. The van der Waals surface area contributed by atoms with Crippen molar-refractivity contribution in [1.82, 2.24) is 24.0 Å². The molecule has 0 spiro atoms. The first-order valence-corrected chi connectivity index (χ1v) is 11.6. The van der Waals surface area contributed by atoms with E-state index in [0.717, 1.165) is 11.6 Å². The highest BCUT2D eigenvalue weighted by molar-refractivity contribution is 7.89. The number of piperazine rings is 1. The van der Waals surface area contributed by atoms with Crippen LogP contribution >= 0.6 is 12.2 Å². The average molecular weight is 460 g/mol. The van der Waals surface area contributed by atoms with Crippen molar-refractivity contribution in [1.29, 1.82) is 0 Å². The summed E-state index contributed by atoms with van der Waals surface area (Å²) in [5, 5.41) is 3.17. The van der Waals surface area contributed by atoms with Gasteiger partial charge in [0.05, 0.1) is 11.6 Å². The highest BCUT2D eigenvalue weighted by atomic mass is 32.2. The summed E-state index contributed by atoms with van der Waals surface area (Å²) >= 11 is 5.35. The third-order valence-corrected chi connectivity index (χ3v) is 7.24. The van der Waals surface area contributed by atoms with Gasteiger partial charge < -0.3 is 0 Å². The highest BCUT2D eigenvalue weighted by Gasteiger charge is 2.28. The van der Waals surface area contributed by atoms with E-state index in [2.05, 4.69) is 15.0 Å². The van der Waals surface area contributed by atoms with E-state index >= 15 is 0 Å². The second kappa shape index (κ2) is 9.23. The van der Waals surface area contributed by atoms with Crippen LogP contribution in [-0.4, -0.2) is 58.6 Å². The smallest absolute Gasteiger partial charge is 0.243 e. The van der Waals surface area contributed by atoms with Crippen LogP contribution in [0.15, 0.2) is 59.5 Å². The van der Waals surface area contributed by atoms with Crippen LogP contribution in [0, 0.1) is 10.6 Å². The third-order valence-electron chi connectivity index (χ3n) is 5.04. The SMILES string of the molecule is O=S(=O)(c1cccc(F)c1)N1CCN(Cn2[nH]c(/C=C/c3ccccc3)nc2=S)CC1. The van der Waals surface area contributed by atoms with Crippen molar-refractivity contribution in [2.24, 2.45) is 0 Å². The van der Waals surface area contributed by atoms with Crippen LogP contribution < -0.4 is 0 Å². The standard InChI is InChI=1S/C21H22FN5O2S2/c22-18-7-4-8-19(15-18)31(28,29)26-13-11-25(12-14-26)16-27-21(30)23-20(24-27)10-9-17-5-2-1-3-6-17/h1-10,15H,11-14,16H2,(H,23,24,30)/b10-9+. The highest BCUT2D eigenvalue weighted by Crippen LogP contribution is 2.18. The molecule has 1 N–H and O–H groups in total. The van der Waals surface area contributed by atoms with Gasteiger partial charge in [-0.3, -0.25) is 10.00 Å². The minimum Gasteiger partial charge on any atom is -0.282 e. The second-order valence-electron chi connectivity index (χ2n) is 7.18. The first kappa shape index (κ1) is 21.6. The molecule has 10 heteroatoms. The summed E-state index contributed by atoms with van der Waals surface area (Å²) in [4.78, 5) is 6.43. The molecule has 3 aromatic rings. The van der Waals surface area contributed by atoms with Gasteiger partial charge in [0.2, 0.25) is 14.8 Å². The Labute approximate surface area is 185 Å². The van der Waals surface area contributed by atoms with Gasteiger partial charge in [-0.2, -0.15) is 9.29 Å². The molecule has 0 amide bonds. The normalized spacial score (nSPS) is 16.2. The maximum Gasteiger partial charge on any atom is 0.243 e. The van der Waals surface area contributed by atoms with Gasteiger partial charge in [0.25, 0.3) is 0 Å². The van der Waals surface area contributed by atoms with Crippen molar-refractivity contribution < 1.29 is 12.8 Å². The molecule has 0 saturated carbocycles. The first-order valence-electron chi connectivity index (χ1n) is 9.80. The van der Waals surface area contributed by atoms with Gasteiger partial charge in [0.1, 0.15) is 11.6 Å². The number of halogens is 1. The second-order valence-corrected chi connectivity index (χ2v) is 9.49. The molecule has 0 aliphatic carbocycles. The molecule has 0 unspecified atom stereocenters. The fraction of sp³-hybridized carbons (Fsp3) is 0.238. The lowest BCUT2D eigenvalue weighted by atomic mass is 10.2. The molecule has 4 rings (SSSR count). The number of sulfonamides is 1. The Kier molecular flexibility index (Phi) is 6.42. The number of H-pyrrole nitrogens is 1. The molecule has 1 aromatic heterocycles. The summed E-state index contributed by atoms with van der Waals surface area (Å²) in [6.07, 6.45) is 3.82. The molecule has 7 nitrogen and oxygen atoms in total. The molecule has 1 saturated heterocycles. The largest absolute Gasteiger partial charge is 0.282 e. The lowest BCUT2D eigenvalue weighted by Gasteiger charge is -2.33. The van der Waals surface area contributed by atoms with E-state index in [4.69, 9.17) is 12.2 Å². The monoisotopic (exact) mass is 459 g/mol. The van der Waals surface area contributed by atoms with Crippen LogP contribution in [0.5, 0.6) is 0 Å². The quantitative estimate of drug-likeness (QED) is 0.573. The van der Waals surface area contributed by atoms with E-state index < -0.39 is 15.8 Å². The Balaban J connectivity index is 1.38. The van der Waals surface area contributed by atoms with Gasteiger partial charge in [-0.15, -0.1) is 0 Å². The predicted octanol–water partition coefficient (Wildman–Crippen LogP) is 3.21. The van der Waals surface area contributed by atoms with E-state index in [1.807, 2.05) is 42.5 Å². The molecule has 1 aliphatic heterocycles. The van der Waals surface area contributed by atoms with Crippen LogP contribution in [0.2, 0.25) is 0 Å². The molecule has 31 heavy (non-hydrogen) atoms. The van der Waals surface area contributed by atoms with E-state index in [1.165, 1.54) is 22.5 Å². The average Bonchev–Trinajstić information content (AvgIpc) is 3.12. The first-order chi connectivity index (χ1) is 14.9. The molecular formula is C21H22FN5O2S2. The van der Waals surface area contributed by atoms with E-state index in [1.54, 1.807) is 4.68 Å². The summed E-state index contributed by atoms with van der Waals surface area (Å²) in [5.74, 6) is 0.0895. The van der Waals surface area contributed by atoms with Crippen molar-refractivity contribution in [2.75, 3.05) is 26.2 Å². The minimum absolute atomic E-state index is 0.0217. The van der Waals surface area contributed by atoms with E-state index in [0.29, 0.717) is 43.4 Å². The maximum absolute atomic E-state index is 13.4. The van der Waals surface area contributed by atoms with Gasteiger partial charge in [0.15, 0.2) is 0 Å². The fourth-order valence-corrected chi connectivity index (χ4v) is 5.03. The van der Waals surface area contributed by atoms with Crippen molar-refractivity contribution in [3.05, 3.63) is 76.6 Å². The summed E-state index contributed by atoms with van der Waals surface area (Å²) < 4.78 is 42.5. The Hall–Kier alpha value is -2.66. The fourth-order valence-electron chi connectivity index (χ4n) is 3.37. The number of aromatic nitrogens is 3. The zero-order valence-electron chi connectivity index (χ0n) is 16.7.